The van der Waals surface area contributed by atoms with Crippen LogP contribution in [0.3, 0.4) is 0 Å². The van der Waals surface area contributed by atoms with Crippen molar-refractivity contribution in [2.75, 3.05) is 0 Å². The number of carbonyl (C=O) groups is 1. The predicted octanol–water partition coefficient (Wildman–Crippen LogP) is 1.66. The van der Waals surface area contributed by atoms with Gasteiger partial charge in [0, 0.05) is 5.38 Å². The molecular weight excluding hydrogens is 165 g/mol. The smallest absolute Gasteiger partial charge is 0.271 e. The molecule has 9 heavy (non-hydrogen) atoms. The van der Waals surface area contributed by atoms with Gasteiger partial charge in [0.05, 0.1) is 0 Å². The highest BCUT2D eigenvalue weighted by Gasteiger charge is 2.05. The highest BCUT2D eigenvalue weighted by atomic mass is 35.5. The molecule has 0 atom stereocenters. The van der Waals surface area contributed by atoms with Crippen molar-refractivity contribution in [2.24, 2.45) is 0 Å². The number of rotatable bonds is 1. The molecule has 0 aliphatic rings. The number of carbonyl (C=O) groups excluding carboxylic acids is 1. The average molecular weight is 166 g/mol. The van der Waals surface area contributed by atoms with Crippen LogP contribution >= 0.6 is 22.9 Å². The van der Waals surface area contributed by atoms with E-state index in [4.69, 9.17) is 11.6 Å². The Morgan fingerprint density at radius 3 is 2.78 bits per heavy atom. The number of nitrogens with zero attached hydrogens (tertiary/aromatic N) is 1. The van der Waals surface area contributed by atoms with E-state index in [1.165, 1.54) is 5.38 Å². The van der Waals surface area contributed by atoms with E-state index in [1.54, 1.807) is 0 Å². The van der Waals surface area contributed by atoms with Crippen molar-refractivity contribution in [1.82, 2.24) is 4.98 Å². The van der Waals surface area contributed by atoms with Gasteiger partial charge in [-0.05, 0) is 11.6 Å². The summed E-state index contributed by atoms with van der Waals surface area (Å²) in [6, 6.07) is 0. The minimum Gasteiger partial charge on any atom is -0.274 e. The van der Waals surface area contributed by atoms with Crippen LogP contribution in [0, 0.1) is 5.26 Å². The van der Waals surface area contributed by atoms with Gasteiger partial charge in [-0.1, -0.05) is 11.3 Å². The van der Waals surface area contributed by atoms with E-state index in [2.05, 4.69) is 4.98 Å². The number of thiazole rings is 1. The van der Waals surface area contributed by atoms with Crippen LogP contribution in [-0.4, -0.2) is 10.2 Å². The SMILES string of the molecule is O=C(Cl)c1csc(F)n1. The Labute approximate surface area is 59.3 Å². The maximum Gasteiger partial charge on any atom is 0.271 e. The van der Waals surface area contributed by atoms with Gasteiger partial charge in [-0.3, -0.25) is 4.79 Å². The zero-order chi connectivity index (χ0) is 6.85. The van der Waals surface area contributed by atoms with Crippen molar-refractivity contribution in [3.05, 3.63) is 16.3 Å². The topological polar surface area (TPSA) is 30.0 Å². The van der Waals surface area contributed by atoms with Crippen molar-refractivity contribution < 1.29 is 9.18 Å². The zero-order valence-corrected chi connectivity index (χ0v) is 5.67. The summed E-state index contributed by atoms with van der Waals surface area (Å²) in [4.78, 5) is 13.4. The van der Waals surface area contributed by atoms with Crippen LogP contribution in [-0.2, 0) is 0 Å². The van der Waals surface area contributed by atoms with E-state index < -0.39 is 10.5 Å². The van der Waals surface area contributed by atoms with Crippen LogP contribution in [0.25, 0.3) is 0 Å². The molecule has 0 aromatic carbocycles. The van der Waals surface area contributed by atoms with Gasteiger partial charge in [-0.15, -0.1) is 0 Å². The van der Waals surface area contributed by atoms with Crippen molar-refractivity contribution >= 4 is 28.2 Å². The largest absolute Gasteiger partial charge is 0.274 e. The van der Waals surface area contributed by atoms with Gasteiger partial charge in [0.1, 0.15) is 5.69 Å². The molecule has 0 saturated carbocycles. The Balaban J connectivity index is 2.98. The minimum atomic E-state index is -0.727. The van der Waals surface area contributed by atoms with E-state index in [1.807, 2.05) is 0 Å². The molecule has 1 rings (SSSR count). The summed E-state index contributed by atoms with van der Waals surface area (Å²) < 4.78 is 12.0. The average Bonchev–Trinajstić information content (AvgIpc) is 2.14. The Morgan fingerprint density at radius 2 is 2.56 bits per heavy atom. The summed E-state index contributed by atoms with van der Waals surface area (Å²) in [5.74, 6) is 0. The highest BCUT2D eigenvalue weighted by molar-refractivity contribution is 7.08. The fourth-order valence-electron chi connectivity index (χ4n) is 0.342. The lowest BCUT2D eigenvalue weighted by Gasteiger charge is -1.76. The van der Waals surface area contributed by atoms with Gasteiger partial charge in [0.2, 0.25) is 0 Å². The fraction of sp³-hybridized carbons (Fsp3) is 0. The molecule has 2 nitrogen and oxygen atoms in total. The fourth-order valence-corrected chi connectivity index (χ4v) is 1.02. The van der Waals surface area contributed by atoms with Crippen LogP contribution in [0.5, 0.6) is 0 Å². The van der Waals surface area contributed by atoms with Gasteiger partial charge < -0.3 is 0 Å². The molecule has 5 heteroatoms. The first-order valence-corrected chi connectivity index (χ1v) is 3.27. The molecule has 0 radical (unpaired) electrons. The van der Waals surface area contributed by atoms with Gasteiger partial charge in [0.15, 0.2) is 0 Å². The van der Waals surface area contributed by atoms with E-state index in [0.29, 0.717) is 0 Å². The predicted molar refractivity (Wildman–Crippen MR) is 32.3 cm³/mol. The van der Waals surface area contributed by atoms with Gasteiger partial charge in [-0.25, -0.2) is 4.98 Å². The van der Waals surface area contributed by atoms with Crippen LogP contribution in [0.1, 0.15) is 10.5 Å². The number of aromatic nitrogens is 1. The summed E-state index contributed by atoms with van der Waals surface area (Å²) in [5.41, 5.74) is -0.0285. The quantitative estimate of drug-likeness (QED) is 0.593. The molecule has 0 aliphatic carbocycles. The molecule has 0 amide bonds. The minimum absolute atomic E-state index is 0.0285. The lowest BCUT2D eigenvalue weighted by atomic mass is 10.6. The highest BCUT2D eigenvalue weighted by Crippen LogP contribution is 2.08. The molecule has 0 aliphatic heterocycles. The molecular formula is C4HClFNOS. The number of halogens is 2. The molecule has 0 bridgehead atoms. The van der Waals surface area contributed by atoms with Crippen LogP contribution < -0.4 is 0 Å². The third-order valence-electron chi connectivity index (χ3n) is 0.678. The number of hydrogen-bond acceptors (Lipinski definition) is 3. The van der Waals surface area contributed by atoms with Gasteiger partial charge in [-0.2, -0.15) is 4.39 Å². The molecule has 0 spiro atoms. The molecule has 0 saturated heterocycles. The molecule has 0 N–H and O–H groups in total. The third-order valence-corrected chi connectivity index (χ3v) is 1.50. The Morgan fingerprint density at radius 1 is 1.89 bits per heavy atom. The molecule has 0 unspecified atom stereocenters. The second-order valence-corrected chi connectivity index (χ2v) is 2.41. The summed E-state index contributed by atoms with van der Waals surface area (Å²) >= 11 is 5.70. The van der Waals surface area contributed by atoms with E-state index >= 15 is 0 Å². The summed E-state index contributed by atoms with van der Waals surface area (Å²) in [7, 11) is 0. The van der Waals surface area contributed by atoms with Crippen molar-refractivity contribution in [2.45, 2.75) is 0 Å². The standard InChI is InChI=1S/C4HClFNOS/c5-3(8)2-1-9-4(6)7-2/h1H. The summed E-state index contributed by atoms with van der Waals surface area (Å²) in [5, 5.41) is -0.0980. The van der Waals surface area contributed by atoms with E-state index in [9.17, 15) is 9.18 Å². The number of hydrogen-bond donors (Lipinski definition) is 0. The first-order valence-electron chi connectivity index (χ1n) is 2.01. The Kier molecular flexibility index (Phi) is 1.78. The summed E-state index contributed by atoms with van der Waals surface area (Å²) in [6.45, 7) is 0. The van der Waals surface area contributed by atoms with Crippen LogP contribution in [0.15, 0.2) is 5.38 Å². The van der Waals surface area contributed by atoms with Crippen LogP contribution in [0.4, 0.5) is 4.39 Å². The first-order chi connectivity index (χ1) is 4.20. The Hall–Kier alpha value is -0.480. The van der Waals surface area contributed by atoms with Crippen molar-refractivity contribution in [3.8, 4) is 0 Å². The molecule has 1 aromatic rings. The van der Waals surface area contributed by atoms with E-state index in [0.717, 1.165) is 11.3 Å². The van der Waals surface area contributed by atoms with Crippen molar-refractivity contribution in [1.29, 1.82) is 0 Å². The lowest BCUT2D eigenvalue weighted by Crippen LogP contribution is -1.87. The van der Waals surface area contributed by atoms with E-state index in [-0.39, 0.29) is 5.69 Å². The maximum atomic E-state index is 12.0. The normalized spacial score (nSPS) is 9.56. The van der Waals surface area contributed by atoms with Gasteiger partial charge >= 0.3 is 0 Å². The molecule has 48 valence electrons. The second kappa shape index (κ2) is 2.41. The van der Waals surface area contributed by atoms with Gasteiger partial charge in [0.25, 0.3) is 10.5 Å². The second-order valence-electron chi connectivity index (χ2n) is 1.26. The Bertz CT molecular complexity index is 236. The monoisotopic (exact) mass is 165 g/mol. The summed E-state index contributed by atoms with van der Waals surface area (Å²) in [6.07, 6.45) is 0. The third kappa shape index (κ3) is 1.46. The zero-order valence-electron chi connectivity index (χ0n) is 4.10. The molecule has 0 fully saturated rings. The first kappa shape index (κ1) is 6.64. The van der Waals surface area contributed by atoms with Crippen LogP contribution in [0.2, 0.25) is 0 Å². The maximum absolute atomic E-state index is 12.0. The molecule has 1 aromatic heterocycles. The van der Waals surface area contributed by atoms with Crippen molar-refractivity contribution in [3.63, 3.8) is 0 Å². The molecule has 1 heterocycles. The lowest BCUT2D eigenvalue weighted by molar-refractivity contribution is 0.107.